The number of rotatable bonds is 5. The van der Waals surface area contributed by atoms with Crippen molar-refractivity contribution in [3.8, 4) is 0 Å². The molecule has 3 heterocycles. The number of hydrogen-bond acceptors (Lipinski definition) is 6. The molecule has 1 fully saturated rings. The Morgan fingerprint density at radius 3 is 2.70 bits per heavy atom. The molecule has 0 bridgehead atoms. The average Bonchev–Trinajstić information content (AvgIpc) is 3.19. The molecule has 1 aliphatic rings. The van der Waals surface area contributed by atoms with E-state index in [4.69, 9.17) is 0 Å². The molecule has 0 saturated carbocycles. The van der Waals surface area contributed by atoms with Crippen molar-refractivity contribution < 1.29 is 0 Å². The number of nitrogens with zero attached hydrogens (tertiary/aromatic N) is 3. The van der Waals surface area contributed by atoms with Crippen LogP contribution in [0.25, 0.3) is 11.0 Å². The smallest absolute Gasteiger partial charge is 0.143 e. The fourth-order valence-electron chi connectivity index (χ4n) is 4.03. The molecule has 27 heavy (non-hydrogen) atoms. The molecule has 2 unspecified atom stereocenters. The highest BCUT2D eigenvalue weighted by molar-refractivity contribution is 7.97. The van der Waals surface area contributed by atoms with Crippen LogP contribution in [0.15, 0.2) is 35.6 Å². The van der Waals surface area contributed by atoms with Crippen LogP contribution < -0.4 is 14.9 Å². The molecule has 1 aliphatic heterocycles. The highest BCUT2D eigenvalue weighted by Gasteiger charge is 2.29. The SMILES string of the molecule is CNSc1ccc(N2C(C)CCC2C)c(Nc2ncnc3[nH]cc(C)c23)c1. The van der Waals surface area contributed by atoms with Gasteiger partial charge in [-0.3, -0.25) is 4.72 Å². The largest absolute Gasteiger partial charge is 0.364 e. The number of fused-ring (bicyclic) bond motifs is 1. The molecular formula is C20H26N6S. The van der Waals surface area contributed by atoms with Crippen molar-refractivity contribution in [1.29, 1.82) is 0 Å². The average molecular weight is 383 g/mol. The second-order valence-corrected chi connectivity index (χ2v) is 8.29. The van der Waals surface area contributed by atoms with Gasteiger partial charge in [0.15, 0.2) is 0 Å². The summed E-state index contributed by atoms with van der Waals surface area (Å²) in [5.41, 5.74) is 4.30. The van der Waals surface area contributed by atoms with E-state index in [1.807, 2.05) is 13.2 Å². The number of hydrogen-bond donors (Lipinski definition) is 3. The minimum absolute atomic E-state index is 0.530. The van der Waals surface area contributed by atoms with Gasteiger partial charge in [-0.1, -0.05) is 0 Å². The lowest BCUT2D eigenvalue weighted by Crippen LogP contribution is -2.33. The second kappa shape index (κ2) is 7.40. The van der Waals surface area contributed by atoms with E-state index in [1.165, 1.54) is 23.4 Å². The maximum absolute atomic E-state index is 4.53. The Bertz CT molecular complexity index is 943. The van der Waals surface area contributed by atoms with Crippen LogP contribution in [0.5, 0.6) is 0 Å². The third-order valence-corrected chi connectivity index (χ3v) is 6.03. The first-order valence-corrected chi connectivity index (χ1v) is 10.2. The molecule has 3 aromatic rings. The van der Waals surface area contributed by atoms with Crippen molar-refractivity contribution in [1.82, 2.24) is 19.7 Å². The van der Waals surface area contributed by atoms with Gasteiger partial charge >= 0.3 is 0 Å². The predicted molar refractivity (Wildman–Crippen MR) is 114 cm³/mol. The van der Waals surface area contributed by atoms with Crippen molar-refractivity contribution in [2.75, 3.05) is 17.3 Å². The first-order valence-electron chi connectivity index (χ1n) is 9.40. The van der Waals surface area contributed by atoms with Crippen LogP contribution in [0.3, 0.4) is 0 Å². The molecule has 2 aromatic heterocycles. The molecule has 1 saturated heterocycles. The Balaban J connectivity index is 1.79. The zero-order valence-corrected chi connectivity index (χ0v) is 17.0. The number of anilines is 3. The molecule has 7 heteroatoms. The normalized spacial score (nSPS) is 19.8. The Kier molecular flexibility index (Phi) is 4.97. The third-order valence-electron chi connectivity index (χ3n) is 5.34. The molecule has 1 aromatic carbocycles. The van der Waals surface area contributed by atoms with E-state index in [0.29, 0.717) is 12.1 Å². The molecule has 0 spiro atoms. The van der Waals surface area contributed by atoms with Gasteiger partial charge in [0.05, 0.1) is 16.8 Å². The van der Waals surface area contributed by atoms with Gasteiger partial charge < -0.3 is 15.2 Å². The fraction of sp³-hybridized carbons (Fsp3) is 0.400. The predicted octanol–water partition coefficient (Wildman–Crippen LogP) is 4.61. The monoisotopic (exact) mass is 382 g/mol. The summed E-state index contributed by atoms with van der Waals surface area (Å²) in [5, 5.41) is 4.64. The number of H-pyrrole nitrogens is 1. The summed E-state index contributed by atoms with van der Waals surface area (Å²) in [5.74, 6) is 0.839. The quantitative estimate of drug-likeness (QED) is 0.560. The number of aryl methyl sites for hydroxylation is 1. The summed E-state index contributed by atoms with van der Waals surface area (Å²) in [7, 11) is 1.94. The van der Waals surface area contributed by atoms with E-state index in [2.05, 4.69) is 68.9 Å². The summed E-state index contributed by atoms with van der Waals surface area (Å²) < 4.78 is 3.16. The first-order chi connectivity index (χ1) is 13.1. The number of aromatic nitrogens is 3. The lowest BCUT2D eigenvalue weighted by molar-refractivity contribution is 0.694. The fourth-order valence-corrected chi connectivity index (χ4v) is 4.58. The highest BCUT2D eigenvalue weighted by Crippen LogP contribution is 2.39. The van der Waals surface area contributed by atoms with Crippen LogP contribution in [0.4, 0.5) is 17.2 Å². The lowest BCUT2D eigenvalue weighted by atomic mass is 10.2. The molecular weight excluding hydrogens is 356 g/mol. The van der Waals surface area contributed by atoms with E-state index < -0.39 is 0 Å². The van der Waals surface area contributed by atoms with Crippen LogP contribution in [-0.2, 0) is 0 Å². The zero-order valence-electron chi connectivity index (χ0n) is 16.2. The third kappa shape index (κ3) is 3.37. The van der Waals surface area contributed by atoms with Crippen molar-refractivity contribution in [2.45, 2.75) is 50.6 Å². The summed E-state index contributed by atoms with van der Waals surface area (Å²) in [6.45, 7) is 6.69. The maximum atomic E-state index is 4.53. The maximum Gasteiger partial charge on any atom is 0.143 e. The Morgan fingerprint density at radius 1 is 1.19 bits per heavy atom. The van der Waals surface area contributed by atoms with Gasteiger partial charge in [-0.05, 0) is 76.4 Å². The molecule has 4 rings (SSSR count). The Morgan fingerprint density at radius 2 is 1.96 bits per heavy atom. The lowest BCUT2D eigenvalue weighted by Gasteiger charge is -2.31. The van der Waals surface area contributed by atoms with Gasteiger partial charge in [0.1, 0.15) is 17.8 Å². The minimum Gasteiger partial charge on any atom is -0.364 e. The molecule has 0 aliphatic carbocycles. The van der Waals surface area contributed by atoms with E-state index in [0.717, 1.165) is 28.1 Å². The summed E-state index contributed by atoms with van der Waals surface area (Å²) in [4.78, 5) is 15.8. The molecule has 0 radical (unpaired) electrons. The van der Waals surface area contributed by atoms with Crippen LogP contribution in [0.2, 0.25) is 0 Å². The zero-order chi connectivity index (χ0) is 19.0. The van der Waals surface area contributed by atoms with Crippen molar-refractivity contribution in [2.24, 2.45) is 0 Å². The van der Waals surface area contributed by atoms with Gasteiger partial charge in [-0.15, -0.1) is 0 Å². The minimum atomic E-state index is 0.530. The van der Waals surface area contributed by atoms with Gasteiger partial charge in [-0.25, -0.2) is 9.97 Å². The topological polar surface area (TPSA) is 68.9 Å². The number of benzene rings is 1. The van der Waals surface area contributed by atoms with Crippen LogP contribution >= 0.6 is 11.9 Å². The standard InChI is InChI=1S/C20H26N6S/c1-12-10-22-19-18(12)20(24-11-23-19)25-16-9-15(27-21-4)7-8-17(16)26-13(2)5-6-14(26)3/h7-11,13-14,21H,5-6H2,1-4H3,(H2,22,23,24,25). The second-order valence-electron chi connectivity index (χ2n) is 7.21. The van der Waals surface area contributed by atoms with Crippen LogP contribution in [-0.4, -0.2) is 34.1 Å². The van der Waals surface area contributed by atoms with Crippen LogP contribution in [0.1, 0.15) is 32.3 Å². The van der Waals surface area contributed by atoms with Crippen molar-refractivity contribution in [3.05, 3.63) is 36.3 Å². The van der Waals surface area contributed by atoms with Crippen molar-refractivity contribution >= 4 is 40.2 Å². The van der Waals surface area contributed by atoms with E-state index in [9.17, 15) is 0 Å². The summed E-state index contributed by atoms with van der Waals surface area (Å²) in [6, 6.07) is 7.66. The molecule has 0 amide bonds. The van der Waals surface area contributed by atoms with E-state index in [1.54, 1.807) is 18.3 Å². The number of aromatic amines is 1. The van der Waals surface area contributed by atoms with E-state index >= 15 is 0 Å². The molecule has 6 nitrogen and oxygen atoms in total. The van der Waals surface area contributed by atoms with Crippen molar-refractivity contribution in [3.63, 3.8) is 0 Å². The molecule has 2 atom stereocenters. The summed E-state index contributed by atoms with van der Waals surface area (Å²) >= 11 is 1.61. The Labute approximate surface area is 164 Å². The number of nitrogens with one attached hydrogen (secondary N) is 3. The first kappa shape index (κ1) is 18.1. The van der Waals surface area contributed by atoms with E-state index in [-0.39, 0.29) is 0 Å². The Hall–Kier alpha value is -2.25. The van der Waals surface area contributed by atoms with Gasteiger partial charge in [0.2, 0.25) is 0 Å². The summed E-state index contributed by atoms with van der Waals surface area (Å²) in [6.07, 6.45) is 6.03. The molecule has 3 N–H and O–H groups in total. The van der Waals surface area contributed by atoms with Crippen LogP contribution in [0, 0.1) is 6.92 Å². The van der Waals surface area contributed by atoms with Gasteiger partial charge in [0.25, 0.3) is 0 Å². The van der Waals surface area contributed by atoms with Gasteiger partial charge in [0, 0.05) is 23.2 Å². The highest BCUT2D eigenvalue weighted by atomic mass is 32.2. The van der Waals surface area contributed by atoms with Gasteiger partial charge in [-0.2, -0.15) is 0 Å². The molecule has 142 valence electrons.